The molecule has 0 unspecified atom stereocenters. The minimum absolute atomic E-state index is 0.165. The molecule has 0 radical (unpaired) electrons. The second-order valence-corrected chi connectivity index (χ2v) is 5.89. The number of amides is 1. The summed E-state index contributed by atoms with van der Waals surface area (Å²) in [5.41, 5.74) is 14.8. The van der Waals surface area contributed by atoms with Gasteiger partial charge in [0.05, 0.1) is 16.1 Å². The quantitative estimate of drug-likeness (QED) is 0.686. The second kappa shape index (κ2) is 5.78. The van der Waals surface area contributed by atoms with Gasteiger partial charge in [0.2, 0.25) is 0 Å². The fourth-order valence-electron chi connectivity index (χ4n) is 2.09. The number of nitrogens with zero attached hydrogens (tertiary/aromatic N) is 2. The molecule has 0 spiro atoms. The van der Waals surface area contributed by atoms with E-state index in [1.54, 1.807) is 0 Å². The van der Waals surface area contributed by atoms with Gasteiger partial charge in [-0.25, -0.2) is 5.01 Å². The van der Waals surface area contributed by atoms with Crippen LogP contribution >= 0.6 is 11.3 Å². The van der Waals surface area contributed by atoms with Gasteiger partial charge in [0.1, 0.15) is 5.00 Å². The molecule has 110 valence electrons. The highest BCUT2D eigenvalue weighted by molar-refractivity contribution is 7.19. The van der Waals surface area contributed by atoms with Crippen molar-refractivity contribution < 1.29 is 9.59 Å². The van der Waals surface area contributed by atoms with Gasteiger partial charge in [-0.05, 0) is 7.05 Å². The zero-order valence-corrected chi connectivity index (χ0v) is 12.4. The van der Waals surface area contributed by atoms with E-state index >= 15 is 0 Å². The largest absolute Gasteiger partial charge is 0.397 e. The van der Waals surface area contributed by atoms with Gasteiger partial charge in [0.25, 0.3) is 5.91 Å². The minimum atomic E-state index is -0.622. The Labute approximate surface area is 121 Å². The number of primary amides is 1. The Morgan fingerprint density at radius 1 is 1.25 bits per heavy atom. The fraction of sp³-hybridized carbons (Fsp3) is 0.500. The van der Waals surface area contributed by atoms with Gasteiger partial charge in [-0.1, -0.05) is 0 Å². The molecule has 1 aromatic rings. The number of rotatable bonds is 4. The highest BCUT2D eigenvalue weighted by Gasteiger charge is 2.24. The summed E-state index contributed by atoms with van der Waals surface area (Å²) in [4.78, 5) is 25.7. The molecule has 0 aromatic carbocycles. The van der Waals surface area contributed by atoms with Crippen molar-refractivity contribution in [2.24, 2.45) is 5.73 Å². The zero-order valence-electron chi connectivity index (χ0n) is 11.6. The topological polar surface area (TPSA) is 105 Å². The molecule has 8 heteroatoms. The summed E-state index contributed by atoms with van der Waals surface area (Å²) < 4.78 is 0. The minimum Gasteiger partial charge on any atom is -0.397 e. The number of ketones is 1. The summed E-state index contributed by atoms with van der Waals surface area (Å²) in [6.07, 6.45) is 0. The third-order valence-corrected chi connectivity index (χ3v) is 4.49. The maximum absolute atomic E-state index is 11.5. The van der Waals surface area contributed by atoms with E-state index in [1.807, 2.05) is 5.01 Å². The van der Waals surface area contributed by atoms with Crippen LogP contribution in [0, 0.1) is 0 Å². The molecule has 0 bridgehead atoms. The lowest BCUT2D eigenvalue weighted by atomic mass is 10.2. The summed E-state index contributed by atoms with van der Waals surface area (Å²) in [6, 6.07) is 0. The number of nitrogens with two attached hydrogens (primary N) is 2. The first-order valence-electron chi connectivity index (χ1n) is 6.33. The van der Waals surface area contributed by atoms with E-state index in [2.05, 4.69) is 17.4 Å². The molecular formula is C12H19N5O2S. The van der Waals surface area contributed by atoms with Crippen molar-refractivity contribution in [1.82, 2.24) is 9.91 Å². The van der Waals surface area contributed by atoms with Crippen molar-refractivity contribution in [1.29, 1.82) is 0 Å². The molecule has 2 rings (SSSR count). The lowest BCUT2D eigenvalue weighted by Gasteiger charge is -2.32. The number of carbonyl (C=O) groups excluding carboxylic acids is 2. The average molecular weight is 297 g/mol. The highest BCUT2D eigenvalue weighted by atomic mass is 32.1. The smallest absolute Gasteiger partial charge is 0.253 e. The molecular weight excluding hydrogens is 278 g/mol. The van der Waals surface area contributed by atoms with Crippen molar-refractivity contribution in [3.05, 3.63) is 10.4 Å². The summed E-state index contributed by atoms with van der Waals surface area (Å²) >= 11 is 1.18. The van der Waals surface area contributed by atoms with Gasteiger partial charge in [0.15, 0.2) is 5.78 Å². The molecule has 1 saturated heterocycles. The summed E-state index contributed by atoms with van der Waals surface area (Å²) in [5.74, 6) is -0.788. The molecule has 0 saturated carbocycles. The summed E-state index contributed by atoms with van der Waals surface area (Å²) in [7, 11) is 2.06. The maximum atomic E-state index is 11.5. The summed E-state index contributed by atoms with van der Waals surface area (Å²) in [6.45, 7) is 4.93. The van der Waals surface area contributed by atoms with Crippen LogP contribution in [-0.4, -0.2) is 54.8 Å². The predicted molar refractivity (Wildman–Crippen MR) is 79.9 cm³/mol. The first-order chi connectivity index (χ1) is 9.40. The Kier molecular flexibility index (Phi) is 4.26. The van der Waals surface area contributed by atoms with E-state index in [0.29, 0.717) is 9.88 Å². The highest BCUT2D eigenvalue weighted by Crippen LogP contribution is 2.36. The monoisotopic (exact) mass is 297 g/mol. The van der Waals surface area contributed by atoms with Gasteiger partial charge < -0.3 is 21.8 Å². The van der Waals surface area contributed by atoms with Crippen molar-refractivity contribution >= 4 is 33.7 Å². The zero-order chi connectivity index (χ0) is 14.9. The second-order valence-electron chi connectivity index (χ2n) is 4.87. The molecule has 20 heavy (non-hydrogen) atoms. The molecule has 2 heterocycles. The Morgan fingerprint density at radius 2 is 1.85 bits per heavy atom. The van der Waals surface area contributed by atoms with Crippen LogP contribution in [0.25, 0.3) is 0 Å². The van der Waals surface area contributed by atoms with Crippen LogP contribution < -0.4 is 16.9 Å². The van der Waals surface area contributed by atoms with E-state index < -0.39 is 5.91 Å². The Bertz CT molecular complexity index is 534. The normalized spacial score (nSPS) is 17.1. The third kappa shape index (κ3) is 2.92. The molecule has 1 aliphatic rings. The number of Topliss-reactive ketones (excluding diaryl/α,β-unsaturated/α-hetero) is 1. The molecule has 1 aromatic heterocycles. The number of anilines is 2. The van der Waals surface area contributed by atoms with Crippen molar-refractivity contribution in [2.75, 3.05) is 44.4 Å². The Balaban J connectivity index is 2.24. The third-order valence-electron chi connectivity index (χ3n) is 3.27. The van der Waals surface area contributed by atoms with Gasteiger partial charge >= 0.3 is 0 Å². The van der Waals surface area contributed by atoms with Crippen LogP contribution in [0.2, 0.25) is 0 Å². The predicted octanol–water partition coefficient (Wildman–Crippen LogP) is 0.206. The van der Waals surface area contributed by atoms with Crippen molar-refractivity contribution in [2.45, 2.75) is 6.92 Å². The molecule has 5 N–H and O–H groups in total. The molecule has 0 aliphatic carbocycles. The van der Waals surface area contributed by atoms with E-state index in [-0.39, 0.29) is 17.0 Å². The van der Waals surface area contributed by atoms with Crippen molar-refractivity contribution in [3.8, 4) is 0 Å². The van der Waals surface area contributed by atoms with E-state index in [1.165, 1.54) is 18.3 Å². The first kappa shape index (κ1) is 14.8. The number of thiophene rings is 1. The Hall–Kier alpha value is -1.64. The number of hydrogen-bond donors (Lipinski definition) is 3. The van der Waals surface area contributed by atoms with E-state index in [9.17, 15) is 9.59 Å². The van der Waals surface area contributed by atoms with Crippen LogP contribution in [0.4, 0.5) is 10.7 Å². The van der Waals surface area contributed by atoms with Crippen LogP contribution in [0.1, 0.15) is 27.0 Å². The van der Waals surface area contributed by atoms with E-state index in [0.717, 1.165) is 26.2 Å². The van der Waals surface area contributed by atoms with Crippen molar-refractivity contribution in [3.63, 3.8) is 0 Å². The summed E-state index contributed by atoms with van der Waals surface area (Å²) in [5, 5.41) is 2.55. The molecule has 7 nitrogen and oxygen atoms in total. The van der Waals surface area contributed by atoms with Crippen LogP contribution in [-0.2, 0) is 0 Å². The van der Waals surface area contributed by atoms with Gasteiger partial charge in [0, 0.05) is 33.1 Å². The fourth-order valence-corrected chi connectivity index (χ4v) is 3.14. The average Bonchev–Trinajstić information content (AvgIpc) is 2.69. The SMILES string of the molecule is CC(=O)c1sc(NN2CCN(C)CC2)c(C(N)=O)c1N. The first-order valence-corrected chi connectivity index (χ1v) is 7.15. The van der Waals surface area contributed by atoms with Crippen LogP contribution in [0.15, 0.2) is 0 Å². The van der Waals surface area contributed by atoms with Crippen LogP contribution in [0.5, 0.6) is 0 Å². The maximum Gasteiger partial charge on any atom is 0.253 e. The number of nitrogen functional groups attached to an aromatic ring is 1. The van der Waals surface area contributed by atoms with Gasteiger partial charge in [-0.15, -0.1) is 11.3 Å². The van der Waals surface area contributed by atoms with Crippen LogP contribution in [0.3, 0.4) is 0 Å². The van der Waals surface area contributed by atoms with Gasteiger partial charge in [-0.3, -0.25) is 9.59 Å². The number of piperazine rings is 1. The molecule has 0 atom stereocenters. The van der Waals surface area contributed by atoms with Gasteiger partial charge in [-0.2, -0.15) is 0 Å². The number of carbonyl (C=O) groups is 2. The Morgan fingerprint density at radius 3 is 2.35 bits per heavy atom. The number of hydrazine groups is 1. The van der Waals surface area contributed by atoms with E-state index in [4.69, 9.17) is 11.5 Å². The molecule has 1 amide bonds. The standard InChI is InChI=1S/C12H19N5O2S/c1-7(18)10-9(13)8(11(14)19)12(20-10)15-17-5-3-16(2)4-6-17/h15H,3-6,13H2,1-2H3,(H2,14,19). The lowest BCUT2D eigenvalue weighted by Crippen LogP contribution is -2.47. The number of nitrogens with one attached hydrogen (secondary N) is 1. The number of likely N-dealkylation sites (N-methyl/N-ethyl adjacent to an activating group) is 1. The molecule has 1 fully saturated rings. The molecule has 1 aliphatic heterocycles. The number of hydrogen-bond acceptors (Lipinski definition) is 7. The lowest BCUT2D eigenvalue weighted by molar-refractivity contribution is 0.100.